The summed E-state index contributed by atoms with van der Waals surface area (Å²) in [5.74, 6) is 0. The van der Waals surface area contributed by atoms with Crippen molar-refractivity contribution in [2.24, 2.45) is 0 Å². The van der Waals surface area contributed by atoms with Gasteiger partial charge in [-0.05, 0) is 36.0 Å². The van der Waals surface area contributed by atoms with Crippen molar-refractivity contribution in [3.8, 4) is 22.4 Å². The zero-order valence-corrected chi connectivity index (χ0v) is 20.3. The molecule has 180 valence electrons. The summed E-state index contributed by atoms with van der Waals surface area (Å²) in [5, 5.41) is 10.3. The molecule has 0 radical (unpaired) electrons. The number of aromatic nitrogens is 3. The molecule has 1 N–H and O–H groups in total. The first-order chi connectivity index (χ1) is 17.8. The number of benzene rings is 3. The van der Waals surface area contributed by atoms with Gasteiger partial charge in [0.15, 0.2) is 0 Å². The zero-order chi connectivity index (χ0) is 24.3. The van der Waals surface area contributed by atoms with Crippen LogP contribution in [0.3, 0.4) is 0 Å². The van der Waals surface area contributed by atoms with Crippen molar-refractivity contribution in [3.05, 3.63) is 108 Å². The lowest BCUT2D eigenvalue weighted by atomic mass is 9.99. The van der Waals surface area contributed by atoms with E-state index >= 15 is 0 Å². The second kappa shape index (κ2) is 9.96. The lowest BCUT2D eigenvalue weighted by molar-refractivity contribution is 0.0682. The molecule has 1 fully saturated rings. The molecule has 5 aromatic rings. The second-order valence-electron chi connectivity index (χ2n) is 9.39. The quantitative estimate of drug-likeness (QED) is 0.316. The van der Waals surface area contributed by atoms with Gasteiger partial charge in [-0.2, -0.15) is 0 Å². The van der Waals surface area contributed by atoms with Crippen LogP contribution in [-0.2, 0) is 17.7 Å². The van der Waals surface area contributed by atoms with Gasteiger partial charge in [0.1, 0.15) is 11.1 Å². The molecule has 2 aromatic heterocycles. The molecule has 0 spiro atoms. The molecule has 5 heteroatoms. The van der Waals surface area contributed by atoms with Crippen molar-refractivity contribution < 1.29 is 4.74 Å². The van der Waals surface area contributed by atoms with Crippen molar-refractivity contribution in [3.63, 3.8) is 0 Å². The van der Waals surface area contributed by atoms with Crippen LogP contribution in [0, 0.1) is 5.41 Å². The number of aryl methyl sites for hydroxylation is 2. The normalized spacial score (nSPS) is 14.3. The van der Waals surface area contributed by atoms with Crippen LogP contribution < -0.4 is 5.49 Å². The first kappa shape index (κ1) is 22.5. The highest BCUT2D eigenvalue weighted by Gasteiger charge is 2.25. The zero-order valence-electron chi connectivity index (χ0n) is 20.3. The van der Waals surface area contributed by atoms with Crippen LogP contribution in [0.25, 0.3) is 33.4 Å². The molecule has 0 unspecified atom stereocenters. The molecule has 1 aliphatic rings. The van der Waals surface area contributed by atoms with Gasteiger partial charge >= 0.3 is 0 Å². The first-order valence-electron chi connectivity index (χ1n) is 12.7. The molecule has 36 heavy (non-hydrogen) atoms. The number of rotatable bonds is 6. The van der Waals surface area contributed by atoms with Crippen molar-refractivity contribution in [1.29, 1.82) is 5.41 Å². The van der Waals surface area contributed by atoms with Gasteiger partial charge in [0.05, 0.1) is 17.4 Å². The summed E-state index contributed by atoms with van der Waals surface area (Å²) in [7, 11) is 0. The number of hydrogen-bond acceptors (Lipinski definition) is 3. The van der Waals surface area contributed by atoms with E-state index in [1.807, 2.05) is 12.4 Å². The molecule has 0 bridgehead atoms. The van der Waals surface area contributed by atoms with Crippen LogP contribution in [0.15, 0.2) is 97.3 Å². The van der Waals surface area contributed by atoms with E-state index in [2.05, 4.69) is 94.1 Å². The highest BCUT2D eigenvalue weighted by Crippen LogP contribution is 2.39. The van der Waals surface area contributed by atoms with E-state index in [0.717, 1.165) is 72.4 Å². The van der Waals surface area contributed by atoms with Crippen LogP contribution in [-0.4, -0.2) is 27.3 Å². The summed E-state index contributed by atoms with van der Waals surface area (Å²) in [6, 6.07) is 31.9. The molecule has 0 amide bonds. The third-order valence-corrected chi connectivity index (χ3v) is 7.20. The third kappa shape index (κ3) is 4.16. The Labute approximate surface area is 211 Å². The fraction of sp³-hybridized carbons (Fsp3) is 0.226. The number of fused-ring (bicyclic) bond motifs is 1. The minimum atomic E-state index is 0.236. The Morgan fingerprint density at radius 2 is 1.42 bits per heavy atom. The van der Waals surface area contributed by atoms with Crippen LogP contribution in [0.1, 0.15) is 24.4 Å². The topological polar surface area (TPSA) is 55.8 Å². The SMILES string of the molecule is N=c1c2c(-c3ccccc3)c(-c3ccccc3)n(CCc3ccccc3)c2ncn1C1CCOCC1. The van der Waals surface area contributed by atoms with E-state index in [1.165, 1.54) is 5.56 Å². The van der Waals surface area contributed by atoms with Crippen LogP contribution >= 0.6 is 0 Å². The minimum absolute atomic E-state index is 0.236. The van der Waals surface area contributed by atoms with E-state index in [0.29, 0.717) is 5.49 Å². The van der Waals surface area contributed by atoms with Crippen molar-refractivity contribution >= 4 is 11.0 Å². The Hall–Kier alpha value is -3.96. The third-order valence-electron chi connectivity index (χ3n) is 7.20. The van der Waals surface area contributed by atoms with Gasteiger partial charge < -0.3 is 13.9 Å². The van der Waals surface area contributed by atoms with Gasteiger partial charge in [0, 0.05) is 31.4 Å². The van der Waals surface area contributed by atoms with E-state index < -0.39 is 0 Å². The number of hydrogen-bond donors (Lipinski definition) is 1. The van der Waals surface area contributed by atoms with E-state index in [4.69, 9.17) is 9.72 Å². The summed E-state index contributed by atoms with van der Waals surface area (Å²) >= 11 is 0. The molecule has 1 saturated heterocycles. The molecule has 0 atom stereocenters. The van der Waals surface area contributed by atoms with Gasteiger partial charge in [-0.3, -0.25) is 5.41 Å². The van der Waals surface area contributed by atoms with Crippen molar-refractivity contribution in [1.82, 2.24) is 14.1 Å². The summed E-state index contributed by atoms with van der Waals surface area (Å²) in [5.41, 5.74) is 7.15. The summed E-state index contributed by atoms with van der Waals surface area (Å²) < 4.78 is 9.99. The Morgan fingerprint density at radius 1 is 0.806 bits per heavy atom. The molecule has 6 rings (SSSR count). The molecule has 0 aliphatic carbocycles. The van der Waals surface area contributed by atoms with Crippen molar-refractivity contribution in [2.75, 3.05) is 13.2 Å². The lowest BCUT2D eigenvalue weighted by Gasteiger charge is -2.24. The summed E-state index contributed by atoms with van der Waals surface area (Å²) in [6.07, 6.45) is 4.58. The average Bonchev–Trinajstić information content (AvgIpc) is 3.29. The maximum atomic E-state index is 9.40. The predicted octanol–water partition coefficient (Wildman–Crippen LogP) is 6.25. The van der Waals surface area contributed by atoms with Crippen LogP contribution in [0.2, 0.25) is 0 Å². The van der Waals surface area contributed by atoms with Gasteiger partial charge in [0.25, 0.3) is 0 Å². The number of ether oxygens (including phenoxy) is 1. The Balaban J connectivity index is 1.62. The predicted molar refractivity (Wildman–Crippen MR) is 144 cm³/mol. The van der Waals surface area contributed by atoms with E-state index in [1.54, 1.807) is 0 Å². The molecular formula is C31H30N4O. The van der Waals surface area contributed by atoms with E-state index in [9.17, 15) is 5.41 Å². The Morgan fingerprint density at radius 3 is 2.08 bits per heavy atom. The van der Waals surface area contributed by atoms with Gasteiger partial charge in [-0.25, -0.2) is 4.98 Å². The number of nitrogens with one attached hydrogen (secondary N) is 1. The first-order valence-corrected chi connectivity index (χ1v) is 12.7. The van der Waals surface area contributed by atoms with Gasteiger partial charge in [-0.1, -0.05) is 91.0 Å². The average molecular weight is 475 g/mol. The van der Waals surface area contributed by atoms with Crippen LogP contribution in [0.4, 0.5) is 0 Å². The van der Waals surface area contributed by atoms with Gasteiger partial charge in [0.2, 0.25) is 0 Å². The Kier molecular flexibility index (Phi) is 6.22. The molecule has 3 heterocycles. The second-order valence-corrected chi connectivity index (χ2v) is 9.39. The largest absolute Gasteiger partial charge is 0.381 e. The fourth-order valence-electron chi connectivity index (χ4n) is 5.39. The Bertz CT molecular complexity index is 1520. The molecular weight excluding hydrogens is 444 g/mol. The number of nitrogens with zero attached hydrogens (tertiary/aromatic N) is 3. The van der Waals surface area contributed by atoms with Gasteiger partial charge in [-0.15, -0.1) is 0 Å². The summed E-state index contributed by atoms with van der Waals surface area (Å²) in [6.45, 7) is 2.24. The highest BCUT2D eigenvalue weighted by molar-refractivity contribution is 6.02. The highest BCUT2D eigenvalue weighted by atomic mass is 16.5. The lowest BCUT2D eigenvalue weighted by Crippen LogP contribution is -2.29. The smallest absolute Gasteiger partial charge is 0.146 e. The maximum absolute atomic E-state index is 9.40. The van der Waals surface area contributed by atoms with Crippen LogP contribution in [0.5, 0.6) is 0 Å². The fourth-order valence-corrected chi connectivity index (χ4v) is 5.39. The molecule has 0 saturated carbocycles. The molecule has 3 aromatic carbocycles. The molecule has 1 aliphatic heterocycles. The van der Waals surface area contributed by atoms with E-state index in [-0.39, 0.29) is 6.04 Å². The maximum Gasteiger partial charge on any atom is 0.146 e. The standard InChI is InChI=1S/C31H30N4O/c32-30-28-27(24-12-6-2-7-13-24)29(25-14-8-3-9-15-25)34(19-16-23-10-4-1-5-11-23)31(28)33-22-35(30)26-17-20-36-21-18-26/h1-15,22,26,32H,16-21H2. The molecule has 5 nitrogen and oxygen atoms in total. The summed E-state index contributed by atoms with van der Waals surface area (Å²) in [4.78, 5) is 5.03. The minimum Gasteiger partial charge on any atom is -0.381 e. The van der Waals surface area contributed by atoms with Crippen molar-refractivity contribution in [2.45, 2.75) is 31.8 Å². The monoisotopic (exact) mass is 474 g/mol.